The Bertz CT molecular complexity index is 440. The number of nitrogens with zero attached hydrogens (tertiary/aromatic N) is 2. The maximum absolute atomic E-state index is 9.18. The molecule has 11 heteroatoms. The second-order valence-electron chi connectivity index (χ2n) is 8.99. The third kappa shape index (κ3) is 38.3. The molecule has 0 spiro atoms. The molecule has 0 aliphatic heterocycles. The fraction of sp³-hybridized carbons (Fsp3) is 0.929. The van der Waals surface area contributed by atoms with Crippen LogP contribution in [-0.4, -0.2) is 129 Å². The van der Waals surface area contributed by atoms with E-state index in [9.17, 15) is 19.8 Å². The standard InChI is InChI=1S/2C8H20NO.2C4H9.2C2H4O2S.Sn/c2*1-4-9(5-2,6-3)7-8-10;2*1-3-4-2;2*3-2(4)1-5;/h2*10H,4-8H2,1-3H3;2*1,3-4H2,2H3;2*5H,1H2,(H,3,4);/q2*+1;;;;;/p-2. The van der Waals surface area contributed by atoms with Gasteiger partial charge in [0.1, 0.15) is 13.1 Å². The molecule has 0 fully saturated rings. The molecule has 0 saturated heterocycles. The molecule has 0 aromatic rings. The number of unbranched alkanes of at least 4 members (excludes halogenated alkanes) is 2. The SMILES string of the molecule is CCC[CH2][Sn][CH2]CCC.CC[N+](CC)(CC)CCO.CC[N+](CC)(CC)CCO.O=C([O-])CS.O=C([O-])CS. The summed E-state index contributed by atoms with van der Waals surface area (Å²) in [7, 11) is 0. The Labute approximate surface area is 263 Å². The predicted octanol–water partition coefficient (Wildman–Crippen LogP) is 2.17. The van der Waals surface area contributed by atoms with Crippen LogP contribution in [0.2, 0.25) is 8.87 Å². The minimum absolute atomic E-state index is 0.149. The number of hydrogen-bond donors (Lipinski definition) is 4. The third-order valence-electron chi connectivity index (χ3n) is 6.85. The Morgan fingerprint density at radius 3 is 0.949 bits per heavy atom. The van der Waals surface area contributed by atoms with Crippen LogP contribution in [0.3, 0.4) is 0 Å². The van der Waals surface area contributed by atoms with Crippen LogP contribution in [0.15, 0.2) is 0 Å². The maximum atomic E-state index is 9.18. The zero-order chi connectivity index (χ0) is 31.6. The van der Waals surface area contributed by atoms with E-state index in [1.807, 2.05) is 0 Å². The minimum Gasteiger partial charge on any atom is -0.549 e. The van der Waals surface area contributed by atoms with Crippen LogP contribution < -0.4 is 10.2 Å². The molecule has 8 nitrogen and oxygen atoms in total. The van der Waals surface area contributed by atoms with Crippen LogP contribution in [0, 0.1) is 0 Å². The number of aliphatic hydroxyl groups is 2. The van der Waals surface area contributed by atoms with Crippen LogP contribution >= 0.6 is 25.3 Å². The van der Waals surface area contributed by atoms with E-state index in [1.54, 1.807) is 8.87 Å². The summed E-state index contributed by atoms with van der Waals surface area (Å²) in [6, 6.07) is 0. The molecular weight excluding hydrogens is 643 g/mol. The number of carboxylic acid groups (broad SMARTS) is 2. The number of carbonyl (C=O) groups is 2. The van der Waals surface area contributed by atoms with Crippen LogP contribution in [0.25, 0.3) is 0 Å². The number of carbonyl (C=O) groups excluding carboxylic acids is 2. The minimum atomic E-state index is -1.13. The average molecular weight is 708 g/mol. The zero-order valence-corrected chi connectivity index (χ0v) is 31.2. The number of quaternary nitrogens is 2. The molecular formula is C28H64N2O6S2Sn. The summed E-state index contributed by atoms with van der Waals surface area (Å²) in [4.78, 5) is 18.4. The van der Waals surface area contributed by atoms with E-state index in [1.165, 1.54) is 25.7 Å². The van der Waals surface area contributed by atoms with Crippen LogP contribution in [0.1, 0.15) is 81.1 Å². The Morgan fingerprint density at radius 2 is 0.846 bits per heavy atom. The molecule has 0 unspecified atom stereocenters. The van der Waals surface area contributed by atoms with E-state index in [4.69, 9.17) is 10.2 Å². The summed E-state index contributed by atoms with van der Waals surface area (Å²) in [5.41, 5.74) is 0. The van der Waals surface area contributed by atoms with Gasteiger partial charge in [0.05, 0.1) is 64.4 Å². The predicted molar refractivity (Wildman–Crippen MR) is 171 cm³/mol. The fourth-order valence-electron chi connectivity index (χ4n) is 3.44. The van der Waals surface area contributed by atoms with Gasteiger partial charge in [-0.3, -0.25) is 0 Å². The second kappa shape index (κ2) is 38.3. The molecule has 2 N–H and O–H groups in total. The number of rotatable bonds is 18. The van der Waals surface area contributed by atoms with E-state index < -0.39 is 11.9 Å². The summed E-state index contributed by atoms with van der Waals surface area (Å²) in [5, 5.41) is 35.9. The summed E-state index contributed by atoms with van der Waals surface area (Å²) in [5.74, 6) is -2.65. The van der Waals surface area contributed by atoms with E-state index in [2.05, 4.69) is 80.6 Å². The van der Waals surface area contributed by atoms with E-state index in [-0.39, 0.29) is 32.6 Å². The van der Waals surface area contributed by atoms with Crippen molar-refractivity contribution in [1.82, 2.24) is 0 Å². The molecule has 0 rings (SSSR count). The van der Waals surface area contributed by atoms with Crippen molar-refractivity contribution in [2.24, 2.45) is 0 Å². The van der Waals surface area contributed by atoms with Gasteiger partial charge in [0, 0.05) is 11.5 Å². The van der Waals surface area contributed by atoms with Crippen LogP contribution in [0.5, 0.6) is 0 Å². The molecule has 0 aliphatic rings. The van der Waals surface area contributed by atoms with Crippen molar-refractivity contribution in [3.05, 3.63) is 0 Å². The molecule has 0 aliphatic carbocycles. The van der Waals surface area contributed by atoms with Gasteiger partial charge in [0.15, 0.2) is 0 Å². The van der Waals surface area contributed by atoms with Gasteiger partial charge < -0.3 is 39.0 Å². The van der Waals surface area contributed by atoms with E-state index in [0.29, 0.717) is 13.2 Å². The first-order valence-corrected chi connectivity index (χ1v) is 20.0. The molecule has 0 aromatic carbocycles. The first-order chi connectivity index (χ1) is 18.4. The number of carboxylic acids is 2. The molecule has 2 radical (unpaired) electrons. The molecule has 0 amide bonds. The summed E-state index contributed by atoms with van der Waals surface area (Å²) >= 11 is 6.86. The number of aliphatic carboxylic acids is 2. The third-order valence-corrected chi connectivity index (χ3v) is 11.4. The smallest absolute Gasteiger partial charge is 0.102 e. The normalized spacial score (nSPS) is 10.4. The van der Waals surface area contributed by atoms with Gasteiger partial charge in [-0.25, -0.2) is 0 Å². The van der Waals surface area contributed by atoms with Gasteiger partial charge in [-0.2, -0.15) is 25.3 Å². The first-order valence-electron chi connectivity index (χ1n) is 14.7. The molecule has 0 bridgehead atoms. The van der Waals surface area contributed by atoms with Gasteiger partial charge in [-0.15, -0.1) is 0 Å². The molecule has 0 atom stereocenters. The van der Waals surface area contributed by atoms with Crippen molar-refractivity contribution in [2.45, 2.75) is 89.9 Å². The van der Waals surface area contributed by atoms with Gasteiger partial charge >= 0.3 is 69.5 Å². The van der Waals surface area contributed by atoms with Crippen molar-refractivity contribution in [2.75, 3.05) is 77.1 Å². The number of hydrogen-bond acceptors (Lipinski definition) is 8. The summed E-state index contributed by atoms with van der Waals surface area (Å²) in [6.45, 7) is 26.9. The fourth-order valence-corrected chi connectivity index (χ4v) is 7.60. The van der Waals surface area contributed by atoms with E-state index in [0.717, 1.165) is 61.3 Å². The van der Waals surface area contributed by atoms with Gasteiger partial charge in [-0.05, 0) is 41.5 Å². The van der Waals surface area contributed by atoms with Crippen molar-refractivity contribution >= 4 is 58.3 Å². The average Bonchev–Trinajstić information content (AvgIpc) is 2.96. The quantitative estimate of drug-likeness (QED) is 0.0751. The van der Waals surface area contributed by atoms with Gasteiger partial charge in [0.2, 0.25) is 0 Å². The largest absolute Gasteiger partial charge is 0.549 e. The van der Waals surface area contributed by atoms with Gasteiger partial charge in [0.25, 0.3) is 0 Å². The molecule has 238 valence electrons. The van der Waals surface area contributed by atoms with Crippen LogP contribution in [-0.2, 0) is 9.59 Å². The molecule has 0 aromatic heterocycles. The Balaban J connectivity index is -0.000000127. The van der Waals surface area contributed by atoms with E-state index >= 15 is 0 Å². The van der Waals surface area contributed by atoms with Crippen molar-refractivity contribution < 1.29 is 39.0 Å². The first kappa shape index (κ1) is 49.0. The van der Waals surface area contributed by atoms with Crippen LogP contribution in [0.4, 0.5) is 0 Å². The second-order valence-corrected chi connectivity index (χ2v) is 13.9. The Hall–Kier alpha value is 0.279. The topological polar surface area (TPSA) is 121 Å². The zero-order valence-electron chi connectivity index (χ0n) is 26.5. The molecule has 39 heavy (non-hydrogen) atoms. The van der Waals surface area contributed by atoms with Crippen molar-refractivity contribution in [3.8, 4) is 0 Å². The molecule has 0 heterocycles. The summed E-state index contributed by atoms with van der Waals surface area (Å²) in [6.07, 6.45) is 5.84. The van der Waals surface area contributed by atoms with Crippen molar-refractivity contribution in [1.29, 1.82) is 0 Å². The van der Waals surface area contributed by atoms with Gasteiger partial charge in [-0.1, -0.05) is 0 Å². The molecule has 0 saturated carbocycles. The number of likely N-dealkylation sites (N-methyl/N-ethyl adjacent to an activating group) is 2. The number of aliphatic hydroxyl groups excluding tert-OH is 2. The van der Waals surface area contributed by atoms with Crippen molar-refractivity contribution in [3.63, 3.8) is 0 Å². The summed E-state index contributed by atoms with van der Waals surface area (Å²) < 4.78 is 5.35. The Morgan fingerprint density at radius 1 is 0.615 bits per heavy atom. The Kier molecular flexibility index (Phi) is 48.1. The maximum Gasteiger partial charge on any atom is 0.102 e. The number of thiol groups is 2. The monoisotopic (exact) mass is 708 g/mol.